The molecule has 3 rings (SSSR count). The molecule has 1 aliphatic rings. The third kappa shape index (κ3) is 4.77. The highest BCUT2D eigenvalue weighted by atomic mass is 35.5. The number of hydrogen-bond donors (Lipinski definition) is 2. The van der Waals surface area contributed by atoms with Gasteiger partial charge in [0.1, 0.15) is 4.90 Å². The maximum atomic E-state index is 12.8. The van der Waals surface area contributed by atoms with Crippen LogP contribution in [0.3, 0.4) is 0 Å². The van der Waals surface area contributed by atoms with Gasteiger partial charge in [0.15, 0.2) is 0 Å². The van der Waals surface area contributed by atoms with Crippen LogP contribution in [-0.2, 0) is 20.0 Å². The third-order valence-corrected chi connectivity index (χ3v) is 8.57. The van der Waals surface area contributed by atoms with Crippen LogP contribution in [-0.4, -0.2) is 45.3 Å². The van der Waals surface area contributed by atoms with Crippen molar-refractivity contribution in [3.05, 3.63) is 53.1 Å². The molecule has 30 heavy (non-hydrogen) atoms. The molecule has 2 aromatic carbocycles. The van der Waals surface area contributed by atoms with E-state index in [2.05, 4.69) is 4.72 Å². The molecule has 8 nitrogen and oxygen atoms in total. The fourth-order valence-corrected chi connectivity index (χ4v) is 6.44. The second-order valence-electron chi connectivity index (χ2n) is 7.19. The Morgan fingerprint density at radius 3 is 2.40 bits per heavy atom. The normalized spacial score (nSPS) is 18.1. The van der Waals surface area contributed by atoms with Crippen molar-refractivity contribution < 1.29 is 26.7 Å². The molecule has 0 spiro atoms. The second kappa shape index (κ2) is 8.54. The summed E-state index contributed by atoms with van der Waals surface area (Å²) in [5, 5.41) is 8.93. The first-order valence-corrected chi connectivity index (χ1v) is 12.5. The number of halogens is 1. The van der Waals surface area contributed by atoms with E-state index in [1.54, 1.807) is 0 Å². The summed E-state index contributed by atoms with van der Waals surface area (Å²) in [6, 6.07) is 8.70. The van der Waals surface area contributed by atoms with E-state index in [1.165, 1.54) is 40.7 Å². The number of anilines is 1. The van der Waals surface area contributed by atoms with Gasteiger partial charge in [-0.25, -0.2) is 21.6 Å². The first-order valence-electron chi connectivity index (χ1n) is 9.16. The number of nitrogens with one attached hydrogen (secondary N) is 1. The van der Waals surface area contributed by atoms with Gasteiger partial charge in [0.25, 0.3) is 10.0 Å². The molecule has 0 bridgehead atoms. The van der Waals surface area contributed by atoms with E-state index in [4.69, 9.17) is 16.7 Å². The summed E-state index contributed by atoms with van der Waals surface area (Å²) in [6.07, 6.45) is 1.78. The molecule has 162 valence electrons. The van der Waals surface area contributed by atoms with Crippen LogP contribution in [0.2, 0.25) is 5.02 Å². The maximum Gasteiger partial charge on any atom is 0.335 e. The summed E-state index contributed by atoms with van der Waals surface area (Å²) in [5.74, 6) is -1.00. The van der Waals surface area contributed by atoms with E-state index < -0.39 is 26.0 Å². The van der Waals surface area contributed by atoms with Crippen LogP contribution in [0.25, 0.3) is 0 Å². The first-order chi connectivity index (χ1) is 14.0. The van der Waals surface area contributed by atoms with Crippen LogP contribution in [0.4, 0.5) is 5.69 Å². The van der Waals surface area contributed by atoms with Crippen molar-refractivity contribution >= 4 is 43.3 Å². The van der Waals surface area contributed by atoms with Gasteiger partial charge in [0, 0.05) is 18.8 Å². The minimum Gasteiger partial charge on any atom is -0.478 e. The molecule has 1 unspecified atom stereocenters. The molecule has 1 fully saturated rings. The summed E-state index contributed by atoms with van der Waals surface area (Å²) in [6.45, 7) is 2.92. The second-order valence-corrected chi connectivity index (χ2v) is 11.2. The van der Waals surface area contributed by atoms with Gasteiger partial charge in [-0.15, -0.1) is 0 Å². The number of sulfonamides is 2. The zero-order chi connectivity index (χ0) is 22.1. The Labute approximate surface area is 180 Å². The summed E-state index contributed by atoms with van der Waals surface area (Å²) in [7, 11) is -7.84. The van der Waals surface area contributed by atoms with Gasteiger partial charge in [-0.3, -0.25) is 4.72 Å². The fraction of sp³-hybridized carbons (Fsp3) is 0.316. The third-order valence-electron chi connectivity index (χ3n) is 4.83. The summed E-state index contributed by atoms with van der Waals surface area (Å²) < 4.78 is 54.7. The Balaban J connectivity index is 1.83. The number of rotatable bonds is 6. The number of carboxylic acids is 1. The summed E-state index contributed by atoms with van der Waals surface area (Å²) in [4.78, 5) is 10.8. The lowest BCUT2D eigenvalue weighted by Crippen LogP contribution is -2.39. The quantitative estimate of drug-likeness (QED) is 0.665. The van der Waals surface area contributed by atoms with Crippen molar-refractivity contribution in [1.29, 1.82) is 0 Å². The van der Waals surface area contributed by atoms with Gasteiger partial charge in [0.2, 0.25) is 10.0 Å². The van der Waals surface area contributed by atoms with Crippen molar-refractivity contribution in [1.82, 2.24) is 4.31 Å². The average molecular weight is 473 g/mol. The number of hydrogen-bond acceptors (Lipinski definition) is 5. The van der Waals surface area contributed by atoms with E-state index in [1.807, 2.05) is 6.92 Å². The molecule has 2 aromatic rings. The topological polar surface area (TPSA) is 121 Å². The molecule has 1 aliphatic heterocycles. The lowest BCUT2D eigenvalue weighted by atomic mass is 10.0. The highest BCUT2D eigenvalue weighted by Crippen LogP contribution is 2.27. The predicted octanol–water partition coefficient (Wildman–Crippen LogP) is 3.26. The largest absolute Gasteiger partial charge is 0.478 e. The van der Waals surface area contributed by atoms with E-state index in [0.717, 1.165) is 18.9 Å². The first kappa shape index (κ1) is 22.5. The molecule has 0 saturated carbocycles. The predicted molar refractivity (Wildman–Crippen MR) is 113 cm³/mol. The van der Waals surface area contributed by atoms with Crippen LogP contribution >= 0.6 is 11.6 Å². The van der Waals surface area contributed by atoms with Crippen LogP contribution in [0.5, 0.6) is 0 Å². The number of benzene rings is 2. The average Bonchev–Trinajstić information content (AvgIpc) is 2.68. The smallest absolute Gasteiger partial charge is 0.335 e. The molecule has 11 heteroatoms. The zero-order valence-corrected chi connectivity index (χ0v) is 18.5. The Morgan fingerprint density at radius 1 is 1.13 bits per heavy atom. The van der Waals surface area contributed by atoms with Gasteiger partial charge < -0.3 is 5.11 Å². The molecule has 0 radical (unpaired) electrons. The number of aromatic carboxylic acids is 1. The van der Waals surface area contributed by atoms with Crippen LogP contribution in [0, 0.1) is 5.92 Å². The number of carboxylic acid groups (broad SMARTS) is 1. The molecule has 0 aromatic heterocycles. The van der Waals surface area contributed by atoms with Gasteiger partial charge >= 0.3 is 5.97 Å². The van der Waals surface area contributed by atoms with E-state index in [0.29, 0.717) is 13.1 Å². The Kier molecular flexibility index (Phi) is 6.42. The lowest BCUT2D eigenvalue weighted by Gasteiger charge is -2.30. The van der Waals surface area contributed by atoms with Crippen LogP contribution in [0.15, 0.2) is 52.3 Å². The molecule has 2 N–H and O–H groups in total. The Hall–Kier alpha value is -2.14. The van der Waals surface area contributed by atoms with Crippen LogP contribution < -0.4 is 4.72 Å². The molecule has 0 aliphatic carbocycles. The van der Waals surface area contributed by atoms with Crippen molar-refractivity contribution in [2.24, 2.45) is 5.92 Å². The number of piperidine rings is 1. The van der Waals surface area contributed by atoms with Gasteiger partial charge in [-0.1, -0.05) is 18.5 Å². The molecular weight excluding hydrogens is 452 g/mol. The number of nitrogens with zero attached hydrogens (tertiary/aromatic N) is 1. The van der Waals surface area contributed by atoms with Gasteiger partial charge in [-0.05, 0) is 61.2 Å². The van der Waals surface area contributed by atoms with Crippen molar-refractivity contribution in [2.45, 2.75) is 29.6 Å². The van der Waals surface area contributed by atoms with E-state index in [9.17, 15) is 21.6 Å². The van der Waals surface area contributed by atoms with Crippen LogP contribution in [0.1, 0.15) is 30.1 Å². The number of carbonyl (C=O) groups is 1. The van der Waals surface area contributed by atoms with E-state index >= 15 is 0 Å². The SMILES string of the molecule is CC1CCCN(S(=O)(=O)c2ccc(NS(=O)(=O)c3cc(C(=O)O)ccc3Cl)cc2)C1. The molecule has 1 heterocycles. The zero-order valence-electron chi connectivity index (χ0n) is 16.1. The molecular formula is C19H21ClN2O6S2. The highest BCUT2D eigenvalue weighted by molar-refractivity contribution is 7.92. The molecule has 1 atom stereocenters. The van der Waals surface area contributed by atoms with Gasteiger partial charge in [0.05, 0.1) is 15.5 Å². The lowest BCUT2D eigenvalue weighted by molar-refractivity contribution is 0.0696. The van der Waals surface area contributed by atoms with Gasteiger partial charge in [-0.2, -0.15) is 4.31 Å². The van der Waals surface area contributed by atoms with E-state index in [-0.39, 0.29) is 32.0 Å². The minimum absolute atomic E-state index is 0.0745. The summed E-state index contributed by atoms with van der Waals surface area (Å²) >= 11 is 5.94. The highest BCUT2D eigenvalue weighted by Gasteiger charge is 2.28. The fourth-order valence-electron chi connectivity index (χ4n) is 3.26. The Bertz CT molecular complexity index is 1160. The van der Waals surface area contributed by atoms with Crippen molar-refractivity contribution in [2.75, 3.05) is 17.8 Å². The summed E-state index contributed by atoms with van der Waals surface area (Å²) in [5.41, 5.74) is -0.102. The molecule has 0 amide bonds. The molecule has 1 saturated heterocycles. The Morgan fingerprint density at radius 2 is 1.80 bits per heavy atom. The van der Waals surface area contributed by atoms with Crippen molar-refractivity contribution in [3.8, 4) is 0 Å². The minimum atomic E-state index is -4.18. The monoisotopic (exact) mass is 472 g/mol. The maximum absolute atomic E-state index is 12.8. The van der Waals surface area contributed by atoms with Crippen molar-refractivity contribution in [3.63, 3.8) is 0 Å². The standard InChI is InChI=1S/C19H21ClN2O6S2/c1-13-3-2-10-22(12-13)30(27,28)16-7-5-15(6-8-16)21-29(25,26)18-11-14(19(23)24)4-9-17(18)20/h4-9,11,13,21H,2-3,10,12H2,1H3,(H,23,24).